The lowest BCUT2D eigenvalue weighted by atomic mass is 9.95. The normalized spacial score (nSPS) is 15.7. The SMILES string of the molecule is O=c1c2ccccc2nc(SCc2nnsc2Cl)n1C1CCCCC1. The molecule has 0 amide bonds. The minimum absolute atomic E-state index is 0.0579. The molecule has 3 aromatic rings. The van der Waals surface area contributed by atoms with Crippen LogP contribution in [0.1, 0.15) is 43.8 Å². The van der Waals surface area contributed by atoms with Crippen molar-refractivity contribution in [3.63, 3.8) is 0 Å². The quantitative estimate of drug-likeness (QED) is 0.475. The van der Waals surface area contributed by atoms with Gasteiger partial charge >= 0.3 is 0 Å². The van der Waals surface area contributed by atoms with Crippen molar-refractivity contribution in [3.05, 3.63) is 44.6 Å². The van der Waals surface area contributed by atoms with Crippen molar-refractivity contribution in [2.24, 2.45) is 0 Å². The lowest BCUT2D eigenvalue weighted by Gasteiger charge is -2.26. The molecule has 8 heteroatoms. The fourth-order valence-corrected chi connectivity index (χ4v) is 5.10. The van der Waals surface area contributed by atoms with Crippen molar-refractivity contribution in [3.8, 4) is 0 Å². The molecule has 25 heavy (non-hydrogen) atoms. The van der Waals surface area contributed by atoms with Crippen LogP contribution in [0.3, 0.4) is 0 Å². The minimum atomic E-state index is 0.0579. The highest BCUT2D eigenvalue weighted by Crippen LogP contribution is 2.32. The number of benzene rings is 1. The molecule has 130 valence electrons. The third kappa shape index (κ3) is 3.45. The van der Waals surface area contributed by atoms with Crippen LogP contribution >= 0.6 is 34.9 Å². The Balaban J connectivity index is 1.77. The molecule has 1 saturated carbocycles. The largest absolute Gasteiger partial charge is 0.284 e. The van der Waals surface area contributed by atoms with E-state index in [2.05, 4.69) is 9.59 Å². The van der Waals surface area contributed by atoms with Crippen LogP contribution in [-0.2, 0) is 5.75 Å². The van der Waals surface area contributed by atoms with E-state index in [0.29, 0.717) is 15.5 Å². The highest BCUT2D eigenvalue weighted by atomic mass is 35.5. The zero-order valence-electron chi connectivity index (χ0n) is 13.5. The van der Waals surface area contributed by atoms with E-state index in [9.17, 15) is 4.79 Å². The molecule has 0 unspecified atom stereocenters. The molecule has 2 heterocycles. The topological polar surface area (TPSA) is 60.7 Å². The molecular weight excluding hydrogens is 376 g/mol. The number of nitrogens with zero attached hydrogens (tertiary/aromatic N) is 4. The maximum absolute atomic E-state index is 13.1. The van der Waals surface area contributed by atoms with Gasteiger partial charge in [-0.2, -0.15) is 0 Å². The zero-order valence-corrected chi connectivity index (χ0v) is 15.9. The molecule has 0 radical (unpaired) electrons. The fourth-order valence-electron chi connectivity index (χ4n) is 3.30. The monoisotopic (exact) mass is 392 g/mol. The summed E-state index contributed by atoms with van der Waals surface area (Å²) in [6.07, 6.45) is 5.64. The van der Waals surface area contributed by atoms with E-state index in [4.69, 9.17) is 16.6 Å². The first-order chi connectivity index (χ1) is 12.2. The number of halogens is 1. The molecule has 0 saturated heterocycles. The van der Waals surface area contributed by atoms with Gasteiger partial charge in [0.2, 0.25) is 0 Å². The first-order valence-electron chi connectivity index (χ1n) is 8.35. The maximum atomic E-state index is 13.1. The van der Waals surface area contributed by atoms with E-state index >= 15 is 0 Å². The van der Waals surface area contributed by atoms with Gasteiger partial charge in [-0.05, 0) is 25.0 Å². The summed E-state index contributed by atoms with van der Waals surface area (Å²) in [6.45, 7) is 0. The molecule has 0 spiro atoms. The van der Waals surface area contributed by atoms with Gasteiger partial charge in [-0.25, -0.2) is 4.98 Å². The Labute approximate surface area is 158 Å². The van der Waals surface area contributed by atoms with E-state index in [1.54, 1.807) is 0 Å². The number of aromatic nitrogens is 4. The standard InChI is InChI=1S/C17H17ClN4OS2/c18-15-14(20-21-25-15)10-24-17-19-13-9-5-4-8-12(13)16(23)22(17)11-6-2-1-3-7-11/h4-5,8-9,11H,1-3,6-7,10H2. The molecule has 0 aliphatic heterocycles. The number of hydrogen-bond acceptors (Lipinski definition) is 6. The molecule has 1 aliphatic carbocycles. The molecule has 2 aromatic heterocycles. The number of thioether (sulfide) groups is 1. The first kappa shape index (κ1) is 17.0. The second-order valence-electron chi connectivity index (χ2n) is 6.16. The number of hydrogen-bond donors (Lipinski definition) is 0. The number of para-hydroxylation sites is 1. The lowest BCUT2D eigenvalue weighted by molar-refractivity contribution is 0.326. The number of fused-ring (bicyclic) bond motifs is 1. The van der Waals surface area contributed by atoms with Gasteiger partial charge in [-0.15, -0.1) is 5.10 Å². The van der Waals surface area contributed by atoms with Gasteiger partial charge in [0.25, 0.3) is 5.56 Å². The summed E-state index contributed by atoms with van der Waals surface area (Å²) in [6, 6.07) is 7.78. The summed E-state index contributed by atoms with van der Waals surface area (Å²) in [5, 5.41) is 5.49. The van der Waals surface area contributed by atoms with Crippen LogP contribution in [0.2, 0.25) is 4.34 Å². The molecule has 1 fully saturated rings. The van der Waals surface area contributed by atoms with Crippen LogP contribution in [-0.4, -0.2) is 19.1 Å². The summed E-state index contributed by atoms with van der Waals surface area (Å²) >= 11 is 8.80. The Kier molecular flexibility index (Phi) is 5.05. The molecule has 5 nitrogen and oxygen atoms in total. The summed E-state index contributed by atoms with van der Waals surface area (Å²) in [5.41, 5.74) is 1.54. The van der Waals surface area contributed by atoms with E-state index in [1.165, 1.54) is 29.7 Å². The average molecular weight is 393 g/mol. The Morgan fingerprint density at radius 2 is 2.04 bits per heavy atom. The van der Waals surface area contributed by atoms with E-state index in [-0.39, 0.29) is 11.6 Å². The van der Waals surface area contributed by atoms with Gasteiger partial charge < -0.3 is 0 Å². The minimum Gasteiger partial charge on any atom is -0.284 e. The van der Waals surface area contributed by atoms with Gasteiger partial charge in [-0.1, -0.05) is 59.2 Å². The van der Waals surface area contributed by atoms with Crippen LogP contribution in [0.4, 0.5) is 0 Å². The molecule has 0 bridgehead atoms. The molecule has 0 atom stereocenters. The van der Waals surface area contributed by atoms with Crippen LogP contribution in [0.5, 0.6) is 0 Å². The lowest BCUT2D eigenvalue weighted by Crippen LogP contribution is -2.29. The second-order valence-corrected chi connectivity index (χ2v) is 8.46. The predicted molar refractivity (Wildman–Crippen MR) is 103 cm³/mol. The molecule has 4 rings (SSSR count). The van der Waals surface area contributed by atoms with Crippen molar-refractivity contribution in [2.45, 2.75) is 49.1 Å². The Morgan fingerprint density at radius 3 is 2.80 bits per heavy atom. The van der Waals surface area contributed by atoms with Crippen molar-refractivity contribution in [2.75, 3.05) is 0 Å². The summed E-state index contributed by atoms with van der Waals surface area (Å²) in [7, 11) is 0. The molecule has 0 N–H and O–H groups in total. The van der Waals surface area contributed by atoms with E-state index in [1.807, 2.05) is 28.8 Å². The van der Waals surface area contributed by atoms with E-state index in [0.717, 1.165) is 42.1 Å². The summed E-state index contributed by atoms with van der Waals surface area (Å²) < 4.78 is 6.37. The van der Waals surface area contributed by atoms with Crippen LogP contribution in [0.15, 0.2) is 34.2 Å². The fraction of sp³-hybridized carbons (Fsp3) is 0.412. The van der Waals surface area contributed by atoms with Gasteiger partial charge in [0.05, 0.1) is 10.9 Å². The van der Waals surface area contributed by atoms with Gasteiger partial charge in [0.1, 0.15) is 10.0 Å². The van der Waals surface area contributed by atoms with Gasteiger partial charge in [0.15, 0.2) is 5.16 Å². The van der Waals surface area contributed by atoms with Crippen LogP contribution in [0.25, 0.3) is 10.9 Å². The van der Waals surface area contributed by atoms with Gasteiger partial charge in [-0.3, -0.25) is 9.36 Å². The highest BCUT2D eigenvalue weighted by molar-refractivity contribution is 7.98. The Bertz CT molecular complexity index is 949. The first-order valence-corrected chi connectivity index (χ1v) is 10.5. The summed E-state index contributed by atoms with van der Waals surface area (Å²) in [5.74, 6) is 0.562. The summed E-state index contributed by atoms with van der Waals surface area (Å²) in [4.78, 5) is 17.9. The van der Waals surface area contributed by atoms with Crippen LogP contribution in [0, 0.1) is 0 Å². The number of rotatable bonds is 4. The third-order valence-corrected chi connectivity index (χ3v) is 6.51. The predicted octanol–water partition coefficient (Wildman–Crippen LogP) is 4.70. The molecule has 1 aliphatic rings. The Hall–Kier alpha value is -1.44. The second kappa shape index (κ2) is 7.43. The third-order valence-electron chi connectivity index (χ3n) is 4.56. The maximum Gasteiger partial charge on any atom is 0.262 e. The van der Waals surface area contributed by atoms with Crippen molar-refractivity contribution < 1.29 is 0 Å². The van der Waals surface area contributed by atoms with Crippen molar-refractivity contribution in [1.82, 2.24) is 19.1 Å². The zero-order chi connectivity index (χ0) is 17.2. The van der Waals surface area contributed by atoms with Gasteiger partial charge in [0, 0.05) is 23.3 Å². The molecule has 1 aromatic carbocycles. The Morgan fingerprint density at radius 1 is 1.24 bits per heavy atom. The smallest absolute Gasteiger partial charge is 0.262 e. The molecular formula is C17H17ClN4OS2. The van der Waals surface area contributed by atoms with Crippen molar-refractivity contribution >= 4 is 45.8 Å². The highest BCUT2D eigenvalue weighted by Gasteiger charge is 2.22. The average Bonchev–Trinajstić information content (AvgIpc) is 3.06. The van der Waals surface area contributed by atoms with Crippen LogP contribution < -0.4 is 5.56 Å². The van der Waals surface area contributed by atoms with Crippen molar-refractivity contribution in [1.29, 1.82) is 0 Å². The van der Waals surface area contributed by atoms with E-state index < -0.39 is 0 Å².